The number of pyridine rings is 1. The van der Waals surface area contributed by atoms with Crippen molar-refractivity contribution in [1.82, 2.24) is 9.88 Å². The van der Waals surface area contributed by atoms with E-state index < -0.39 is 0 Å². The van der Waals surface area contributed by atoms with Crippen LogP contribution in [-0.4, -0.2) is 34.7 Å². The van der Waals surface area contributed by atoms with E-state index in [4.69, 9.17) is 4.74 Å². The lowest BCUT2D eigenvalue weighted by Crippen LogP contribution is -2.28. The van der Waals surface area contributed by atoms with E-state index in [1.165, 1.54) is 5.56 Å². The van der Waals surface area contributed by atoms with E-state index in [1.54, 1.807) is 0 Å². The van der Waals surface area contributed by atoms with Gasteiger partial charge in [-0.3, -0.25) is 9.88 Å². The number of aryl methyl sites for hydroxylation is 1. The van der Waals surface area contributed by atoms with Crippen molar-refractivity contribution >= 4 is 0 Å². The molecule has 4 nitrogen and oxygen atoms in total. The van der Waals surface area contributed by atoms with Crippen molar-refractivity contribution in [3.05, 3.63) is 77.6 Å². The van der Waals surface area contributed by atoms with E-state index in [1.807, 2.05) is 36.5 Å². The van der Waals surface area contributed by atoms with E-state index in [2.05, 4.69) is 41.1 Å². The van der Waals surface area contributed by atoms with Gasteiger partial charge in [-0.1, -0.05) is 30.3 Å². The van der Waals surface area contributed by atoms with Crippen LogP contribution in [0.15, 0.2) is 60.8 Å². The van der Waals surface area contributed by atoms with Crippen LogP contribution in [-0.2, 0) is 13.0 Å². The van der Waals surface area contributed by atoms with Gasteiger partial charge in [-0.25, -0.2) is 0 Å². The van der Waals surface area contributed by atoms with Crippen molar-refractivity contribution in [2.75, 3.05) is 19.7 Å². The molecular weight excluding hydrogens is 336 g/mol. The highest BCUT2D eigenvalue weighted by molar-refractivity contribution is 5.71. The fourth-order valence-corrected chi connectivity index (χ4v) is 3.61. The molecule has 3 aromatic rings. The van der Waals surface area contributed by atoms with Crippen LogP contribution in [0.1, 0.15) is 16.8 Å². The molecule has 0 spiro atoms. The second-order valence-corrected chi connectivity index (χ2v) is 6.99. The van der Waals surface area contributed by atoms with Crippen molar-refractivity contribution in [1.29, 1.82) is 0 Å². The minimum Gasteiger partial charge on any atom is -0.504 e. The van der Waals surface area contributed by atoms with Gasteiger partial charge in [0.2, 0.25) is 0 Å². The van der Waals surface area contributed by atoms with Crippen LogP contribution in [0.3, 0.4) is 0 Å². The summed E-state index contributed by atoms with van der Waals surface area (Å²) >= 11 is 0. The molecule has 0 atom stereocenters. The van der Waals surface area contributed by atoms with Gasteiger partial charge in [0.25, 0.3) is 0 Å². The zero-order valence-electron chi connectivity index (χ0n) is 15.6. The Morgan fingerprint density at radius 3 is 2.78 bits per heavy atom. The second kappa shape index (κ2) is 7.80. The minimum atomic E-state index is 0.220. The molecule has 2 heterocycles. The fourth-order valence-electron chi connectivity index (χ4n) is 3.61. The Balaban J connectivity index is 1.58. The molecule has 0 aliphatic carbocycles. The summed E-state index contributed by atoms with van der Waals surface area (Å²) in [7, 11) is 0. The van der Waals surface area contributed by atoms with E-state index in [9.17, 15) is 5.11 Å². The average Bonchev–Trinajstić information content (AvgIpc) is 2.90. The van der Waals surface area contributed by atoms with Crippen LogP contribution in [0, 0.1) is 6.92 Å². The van der Waals surface area contributed by atoms with Gasteiger partial charge in [0.05, 0.1) is 0 Å². The summed E-state index contributed by atoms with van der Waals surface area (Å²) in [5.41, 5.74) is 5.49. The Bertz CT molecular complexity index is 925. The molecule has 1 aliphatic rings. The SMILES string of the molecule is Cc1ccccc1-c1cc(O)c2c(c1)CN(CCc1ccccn1)CCO2. The van der Waals surface area contributed by atoms with Crippen LogP contribution >= 0.6 is 0 Å². The molecule has 0 amide bonds. The monoisotopic (exact) mass is 360 g/mol. The first kappa shape index (κ1) is 17.6. The van der Waals surface area contributed by atoms with Gasteiger partial charge in [0.15, 0.2) is 11.5 Å². The number of ether oxygens (including phenoxy) is 1. The van der Waals surface area contributed by atoms with Crippen LogP contribution in [0.5, 0.6) is 11.5 Å². The number of rotatable bonds is 4. The largest absolute Gasteiger partial charge is 0.504 e. The number of aromatic nitrogens is 1. The highest BCUT2D eigenvalue weighted by Crippen LogP contribution is 2.38. The molecule has 1 aromatic heterocycles. The normalized spacial score (nSPS) is 14.3. The van der Waals surface area contributed by atoms with Crippen molar-refractivity contribution in [3.8, 4) is 22.6 Å². The first-order valence-electron chi connectivity index (χ1n) is 9.37. The van der Waals surface area contributed by atoms with Gasteiger partial charge < -0.3 is 9.84 Å². The fraction of sp³-hybridized carbons (Fsp3) is 0.261. The Morgan fingerprint density at radius 2 is 1.96 bits per heavy atom. The number of phenols is 1. The van der Waals surface area contributed by atoms with E-state index in [-0.39, 0.29) is 5.75 Å². The number of fused-ring (bicyclic) bond motifs is 1. The van der Waals surface area contributed by atoms with Crippen molar-refractivity contribution in [3.63, 3.8) is 0 Å². The number of hydrogen-bond donors (Lipinski definition) is 1. The van der Waals surface area contributed by atoms with Crippen LogP contribution in [0.4, 0.5) is 0 Å². The van der Waals surface area contributed by atoms with Crippen molar-refractivity contribution in [2.45, 2.75) is 19.9 Å². The quantitative estimate of drug-likeness (QED) is 0.757. The predicted molar refractivity (Wildman–Crippen MR) is 107 cm³/mol. The molecule has 0 fully saturated rings. The first-order chi connectivity index (χ1) is 13.2. The van der Waals surface area contributed by atoms with Crippen molar-refractivity contribution in [2.24, 2.45) is 0 Å². The number of benzene rings is 2. The predicted octanol–water partition coefficient (Wildman–Crippen LogP) is 4.20. The van der Waals surface area contributed by atoms with Gasteiger partial charge in [-0.15, -0.1) is 0 Å². The minimum absolute atomic E-state index is 0.220. The molecule has 0 saturated carbocycles. The summed E-state index contributed by atoms with van der Waals surface area (Å²) in [6.45, 7) is 5.17. The highest BCUT2D eigenvalue weighted by atomic mass is 16.5. The maximum atomic E-state index is 10.6. The van der Waals surface area contributed by atoms with Crippen LogP contribution < -0.4 is 4.74 Å². The second-order valence-electron chi connectivity index (χ2n) is 6.99. The van der Waals surface area contributed by atoms with Crippen LogP contribution in [0.2, 0.25) is 0 Å². The van der Waals surface area contributed by atoms with E-state index >= 15 is 0 Å². The molecule has 4 heteroatoms. The van der Waals surface area contributed by atoms with E-state index in [0.717, 1.165) is 48.4 Å². The highest BCUT2D eigenvalue weighted by Gasteiger charge is 2.20. The lowest BCUT2D eigenvalue weighted by Gasteiger charge is -2.19. The number of hydrogen-bond acceptors (Lipinski definition) is 4. The number of phenolic OH excluding ortho intramolecular Hbond substituents is 1. The molecule has 0 unspecified atom stereocenters. The Hall–Kier alpha value is -2.85. The zero-order valence-corrected chi connectivity index (χ0v) is 15.6. The Labute approximate surface area is 160 Å². The molecule has 1 aliphatic heterocycles. The molecule has 0 bridgehead atoms. The molecule has 2 aromatic carbocycles. The molecule has 4 rings (SSSR count). The lowest BCUT2D eigenvalue weighted by atomic mass is 9.98. The summed E-state index contributed by atoms with van der Waals surface area (Å²) in [5.74, 6) is 0.838. The third-order valence-corrected chi connectivity index (χ3v) is 5.06. The molecular formula is C23H24N2O2. The lowest BCUT2D eigenvalue weighted by molar-refractivity contribution is 0.224. The number of aromatic hydroxyl groups is 1. The van der Waals surface area contributed by atoms with Crippen LogP contribution in [0.25, 0.3) is 11.1 Å². The molecule has 1 N–H and O–H groups in total. The number of nitrogens with zero attached hydrogens (tertiary/aromatic N) is 2. The molecule has 138 valence electrons. The standard InChI is InChI=1S/C23H24N2O2/c1-17-6-2-3-8-21(17)18-14-19-16-25(11-9-20-7-4-5-10-24-20)12-13-27-23(19)22(26)15-18/h2-8,10,14-15,26H,9,11-13,16H2,1H3. The smallest absolute Gasteiger partial charge is 0.165 e. The Morgan fingerprint density at radius 1 is 1.11 bits per heavy atom. The third-order valence-electron chi connectivity index (χ3n) is 5.06. The Kier molecular flexibility index (Phi) is 5.07. The van der Waals surface area contributed by atoms with Gasteiger partial charge in [0.1, 0.15) is 6.61 Å². The summed E-state index contributed by atoms with van der Waals surface area (Å²) in [6, 6.07) is 18.2. The summed E-state index contributed by atoms with van der Waals surface area (Å²) in [6.07, 6.45) is 2.74. The molecule has 27 heavy (non-hydrogen) atoms. The van der Waals surface area contributed by atoms with Gasteiger partial charge in [-0.05, 0) is 47.9 Å². The summed E-state index contributed by atoms with van der Waals surface area (Å²) < 4.78 is 5.88. The zero-order chi connectivity index (χ0) is 18.6. The molecule has 0 saturated heterocycles. The summed E-state index contributed by atoms with van der Waals surface area (Å²) in [4.78, 5) is 6.77. The summed E-state index contributed by atoms with van der Waals surface area (Å²) in [5, 5.41) is 10.6. The van der Waals surface area contributed by atoms with Gasteiger partial charge >= 0.3 is 0 Å². The third kappa shape index (κ3) is 3.96. The van der Waals surface area contributed by atoms with Gasteiger partial charge in [-0.2, -0.15) is 0 Å². The first-order valence-corrected chi connectivity index (χ1v) is 9.37. The van der Waals surface area contributed by atoms with Gasteiger partial charge in [0, 0.05) is 43.5 Å². The van der Waals surface area contributed by atoms with E-state index in [0.29, 0.717) is 12.4 Å². The molecule has 0 radical (unpaired) electrons. The topological polar surface area (TPSA) is 45.6 Å². The van der Waals surface area contributed by atoms with Crippen molar-refractivity contribution < 1.29 is 9.84 Å². The average molecular weight is 360 g/mol. The maximum Gasteiger partial charge on any atom is 0.165 e. The maximum absolute atomic E-state index is 10.6.